The lowest BCUT2D eigenvalue weighted by Crippen LogP contribution is -2.13. The third-order valence-corrected chi connectivity index (χ3v) is 3.25. The number of nitrogens with two attached hydrogens (primary N) is 1. The van der Waals surface area contributed by atoms with Gasteiger partial charge in [-0.25, -0.2) is 0 Å². The van der Waals surface area contributed by atoms with Gasteiger partial charge in [-0.1, -0.05) is 28.1 Å². The van der Waals surface area contributed by atoms with E-state index >= 15 is 0 Å². The molecule has 0 saturated heterocycles. The van der Waals surface area contributed by atoms with Gasteiger partial charge in [-0.2, -0.15) is 0 Å². The average Bonchev–Trinajstić information content (AvgIpc) is 2.32. The predicted octanol–water partition coefficient (Wildman–Crippen LogP) is 3.40. The third-order valence-electron chi connectivity index (χ3n) is 2.72. The Bertz CT molecular complexity index is 494. The second-order valence-electron chi connectivity index (χ2n) is 4.17. The molecule has 2 rings (SSSR count). The summed E-state index contributed by atoms with van der Waals surface area (Å²) < 4.78 is 1.09. The monoisotopic (exact) mass is 290 g/mol. The highest BCUT2D eigenvalue weighted by Crippen LogP contribution is 2.18. The van der Waals surface area contributed by atoms with Gasteiger partial charge in [0.1, 0.15) is 0 Å². The number of rotatable bonds is 3. The fourth-order valence-corrected chi connectivity index (χ4v) is 2.05. The SMILES string of the molecule is Cc1cc(C(N)Cc2ccc(Br)cc2)ccn1. The van der Waals surface area contributed by atoms with Crippen LogP contribution in [0.1, 0.15) is 22.9 Å². The van der Waals surface area contributed by atoms with Crippen LogP contribution in [0.15, 0.2) is 47.1 Å². The summed E-state index contributed by atoms with van der Waals surface area (Å²) in [5.74, 6) is 0. The van der Waals surface area contributed by atoms with Crippen LogP contribution in [0, 0.1) is 6.92 Å². The first-order chi connectivity index (χ1) is 8.15. The minimum atomic E-state index is 0.0258. The average molecular weight is 291 g/mol. The molecule has 0 aliphatic heterocycles. The lowest BCUT2D eigenvalue weighted by Gasteiger charge is -2.12. The molecule has 17 heavy (non-hydrogen) atoms. The van der Waals surface area contributed by atoms with E-state index in [0.717, 1.165) is 22.2 Å². The third kappa shape index (κ3) is 3.38. The summed E-state index contributed by atoms with van der Waals surface area (Å²) in [6.07, 6.45) is 2.66. The molecule has 1 heterocycles. The van der Waals surface area contributed by atoms with Gasteiger partial charge in [0.15, 0.2) is 0 Å². The van der Waals surface area contributed by atoms with E-state index in [1.54, 1.807) is 0 Å². The van der Waals surface area contributed by atoms with Gasteiger partial charge >= 0.3 is 0 Å². The molecule has 0 aliphatic rings. The van der Waals surface area contributed by atoms with Gasteiger partial charge in [-0.3, -0.25) is 4.98 Å². The minimum absolute atomic E-state index is 0.0258. The molecule has 3 heteroatoms. The van der Waals surface area contributed by atoms with Crippen molar-refractivity contribution in [2.45, 2.75) is 19.4 Å². The van der Waals surface area contributed by atoms with Crippen molar-refractivity contribution in [2.75, 3.05) is 0 Å². The molecule has 0 aliphatic carbocycles. The Labute approximate surface area is 110 Å². The van der Waals surface area contributed by atoms with E-state index in [4.69, 9.17) is 5.73 Å². The number of aromatic nitrogens is 1. The zero-order valence-electron chi connectivity index (χ0n) is 9.73. The van der Waals surface area contributed by atoms with Crippen molar-refractivity contribution in [3.05, 3.63) is 63.9 Å². The van der Waals surface area contributed by atoms with E-state index in [-0.39, 0.29) is 6.04 Å². The number of pyridine rings is 1. The molecule has 1 aromatic heterocycles. The first-order valence-corrected chi connectivity index (χ1v) is 6.37. The van der Waals surface area contributed by atoms with Crippen molar-refractivity contribution >= 4 is 15.9 Å². The quantitative estimate of drug-likeness (QED) is 0.941. The largest absolute Gasteiger partial charge is 0.324 e. The van der Waals surface area contributed by atoms with E-state index in [0.29, 0.717) is 0 Å². The van der Waals surface area contributed by atoms with Crippen molar-refractivity contribution in [3.63, 3.8) is 0 Å². The fourth-order valence-electron chi connectivity index (χ4n) is 1.79. The lowest BCUT2D eigenvalue weighted by atomic mass is 10.0. The number of hydrogen-bond acceptors (Lipinski definition) is 2. The van der Waals surface area contributed by atoms with Crippen molar-refractivity contribution in [1.82, 2.24) is 4.98 Å². The van der Waals surface area contributed by atoms with Crippen LogP contribution in [-0.2, 0) is 6.42 Å². The van der Waals surface area contributed by atoms with Gasteiger partial charge in [0, 0.05) is 22.4 Å². The summed E-state index contributed by atoms with van der Waals surface area (Å²) in [6, 6.07) is 12.3. The van der Waals surface area contributed by atoms with Gasteiger partial charge in [0.2, 0.25) is 0 Å². The molecule has 1 atom stereocenters. The van der Waals surface area contributed by atoms with Crippen molar-refractivity contribution in [1.29, 1.82) is 0 Å². The van der Waals surface area contributed by atoms with Crippen LogP contribution >= 0.6 is 15.9 Å². The molecule has 0 radical (unpaired) electrons. The molecule has 0 spiro atoms. The van der Waals surface area contributed by atoms with Gasteiger partial charge < -0.3 is 5.73 Å². The van der Waals surface area contributed by atoms with E-state index in [1.165, 1.54) is 5.56 Å². The minimum Gasteiger partial charge on any atom is -0.324 e. The maximum atomic E-state index is 6.19. The number of hydrogen-bond donors (Lipinski definition) is 1. The molecular weight excluding hydrogens is 276 g/mol. The molecule has 0 bridgehead atoms. The summed E-state index contributed by atoms with van der Waals surface area (Å²) in [5.41, 5.74) is 9.59. The molecule has 2 nitrogen and oxygen atoms in total. The summed E-state index contributed by atoms with van der Waals surface area (Å²) in [6.45, 7) is 1.98. The zero-order valence-corrected chi connectivity index (χ0v) is 11.3. The highest BCUT2D eigenvalue weighted by atomic mass is 79.9. The molecule has 1 unspecified atom stereocenters. The van der Waals surface area contributed by atoms with Crippen molar-refractivity contribution in [2.24, 2.45) is 5.73 Å². The molecular formula is C14H15BrN2. The Morgan fingerprint density at radius 1 is 1.24 bits per heavy atom. The smallest absolute Gasteiger partial charge is 0.0375 e. The Hall–Kier alpha value is -1.19. The van der Waals surface area contributed by atoms with Crippen molar-refractivity contribution < 1.29 is 0 Å². The van der Waals surface area contributed by atoms with E-state index in [1.807, 2.05) is 37.4 Å². The molecule has 0 saturated carbocycles. The molecule has 2 aromatic rings. The Morgan fingerprint density at radius 3 is 2.59 bits per heavy atom. The Kier molecular flexibility index (Phi) is 3.92. The second-order valence-corrected chi connectivity index (χ2v) is 5.08. The lowest BCUT2D eigenvalue weighted by molar-refractivity contribution is 0.719. The molecule has 0 fully saturated rings. The first-order valence-electron chi connectivity index (χ1n) is 5.58. The second kappa shape index (κ2) is 5.43. The fraction of sp³-hybridized carbons (Fsp3) is 0.214. The van der Waals surface area contributed by atoms with Crippen LogP contribution in [-0.4, -0.2) is 4.98 Å². The predicted molar refractivity (Wildman–Crippen MR) is 73.7 cm³/mol. The highest BCUT2D eigenvalue weighted by Gasteiger charge is 2.07. The maximum absolute atomic E-state index is 6.19. The Balaban J connectivity index is 2.11. The van der Waals surface area contributed by atoms with Crippen molar-refractivity contribution in [3.8, 4) is 0 Å². The van der Waals surface area contributed by atoms with Crippen LogP contribution in [0.2, 0.25) is 0 Å². The standard InChI is InChI=1S/C14H15BrN2/c1-10-8-12(6-7-17-10)14(16)9-11-2-4-13(15)5-3-11/h2-8,14H,9,16H2,1H3. The zero-order chi connectivity index (χ0) is 12.3. The number of aryl methyl sites for hydroxylation is 1. The van der Waals surface area contributed by atoms with Crippen LogP contribution in [0.4, 0.5) is 0 Å². The van der Waals surface area contributed by atoms with Gasteiger partial charge in [-0.15, -0.1) is 0 Å². The van der Waals surface area contributed by atoms with E-state index < -0.39 is 0 Å². The van der Waals surface area contributed by atoms with Crippen LogP contribution < -0.4 is 5.73 Å². The van der Waals surface area contributed by atoms with Crippen LogP contribution in [0.5, 0.6) is 0 Å². The number of nitrogens with zero attached hydrogens (tertiary/aromatic N) is 1. The van der Waals surface area contributed by atoms with Gasteiger partial charge in [-0.05, 0) is 48.7 Å². The molecule has 0 amide bonds. The normalized spacial score (nSPS) is 12.4. The number of benzene rings is 1. The van der Waals surface area contributed by atoms with E-state index in [2.05, 4.69) is 33.0 Å². The first kappa shape index (κ1) is 12.3. The maximum Gasteiger partial charge on any atom is 0.0375 e. The topological polar surface area (TPSA) is 38.9 Å². The molecule has 2 N–H and O–H groups in total. The highest BCUT2D eigenvalue weighted by molar-refractivity contribution is 9.10. The molecule has 1 aromatic carbocycles. The van der Waals surface area contributed by atoms with Gasteiger partial charge in [0.25, 0.3) is 0 Å². The summed E-state index contributed by atoms with van der Waals surface area (Å²) in [7, 11) is 0. The van der Waals surface area contributed by atoms with Crippen LogP contribution in [0.25, 0.3) is 0 Å². The summed E-state index contributed by atoms with van der Waals surface area (Å²) in [4.78, 5) is 4.18. The number of halogens is 1. The van der Waals surface area contributed by atoms with E-state index in [9.17, 15) is 0 Å². The summed E-state index contributed by atoms with van der Waals surface area (Å²) in [5, 5.41) is 0. The Morgan fingerprint density at radius 2 is 1.94 bits per heavy atom. The molecule has 88 valence electrons. The van der Waals surface area contributed by atoms with Gasteiger partial charge in [0.05, 0.1) is 0 Å². The summed E-state index contributed by atoms with van der Waals surface area (Å²) >= 11 is 3.43. The van der Waals surface area contributed by atoms with Crippen LogP contribution in [0.3, 0.4) is 0 Å².